The van der Waals surface area contributed by atoms with Crippen molar-refractivity contribution in [3.63, 3.8) is 0 Å². The molecule has 1 atom stereocenters. The summed E-state index contributed by atoms with van der Waals surface area (Å²) in [4.78, 5) is 51.4. The number of fused-ring (bicyclic) bond motifs is 4. The van der Waals surface area contributed by atoms with Crippen molar-refractivity contribution in [2.75, 3.05) is 19.8 Å². The van der Waals surface area contributed by atoms with E-state index in [0.29, 0.717) is 60.1 Å². The van der Waals surface area contributed by atoms with E-state index < -0.39 is 11.9 Å². The average Bonchev–Trinajstić information content (AvgIpc) is 3.72. The van der Waals surface area contributed by atoms with Crippen LogP contribution in [0.5, 0.6) is 17.4 Å². The zero-order valence-electron chi connectivity index (χ0n) is 32.0. The van der Waals surface area contributed by atoms with Crippen molar-refractivity contribution in [1.82, 2.24) is 29.7 Å². The van der Waals surface area contributed by atoms with Crippen molar-refractivity contribution in [3.8, 4) is 46.4 Å². The van der Waals surface area contributed by atoms with E-state index in [-0.39, 0.29) is 50.2 Å². The molecular weight excluding hydrogens is 751 g/mol. The Balaban J connectivity index is 0.697. The summed E-state index contributed by atoms with van der Waals surface area (Å²) in [6, 6.07) is 20.5. The molecule has 2 aromatic carbocycles. The SMILES string of the molecule is Cn1c2ccncc2c2ccc(-c3cnc(OC4CC(Oc5ccc(C#CCOCCOc6ccc7c(c6)CN([C@@H]6CCC(=O)NC6=O)C7=O)nc5)C4)c(C#N)c3)cc21. The maximum absolute atomic E-state index is 12.9. The molecule has 0 bridgehead atoms. The minimum absolute atomic E-state index is 0.0475. The lowest BCUT2D eigenvalue weighted by Gasteiger charge is -2.35. The number of amides is 3. The number of hydrogen-bond acceptors (Lipinski definition) is 11. The van der Waals surface area contributed by atoms with E-state index in [2.05, 4.69) is 54.9 Å². The number of nitriles is 1. The van der Waals surface area contributed by atoms with Gasteiger partial charge in [0.15, 0.2) is 0 Å². The predicted molar refractivity (Wildman–Crippen MR) is 214 cm³/mol. The molecule has 1 saturated carbocycles. The Bertz CT molecular complexity index is 2740. The standard InChI is InChI=1S/C45H37N7O7/c1-51-39-12-13-47-25-38(39)37-8-4-27(19-41(37)51)29-17-28(22-46)44(49-23-29)59-35-20-34(21-35)58-33-6-5-31(48-24-33)3-2-14-56-15-16-57-32-7-9-36-30(18-32)26-52(45(36)55)40-10-11-42(53)50-43(40)54/h4-9,12-13,17-19,23-25,34-35,40H,10-11,14-16,20-21,26H2,1H3,(H,50,53,54)/t34?,35?,40-/m1/s1. The van der Waals surface area contributed by atoms with Crippen molar-refractivity contribution < 1.29 is 33.3 Å². The molecule has 1 aliphatic carbocycles. The van der Waals surface area contributed by atoms with Gasteiger partial charge in [0, 0.05) is 78.9 Å². The van der Waals surface area contributed by atoms with Gasteiger partial charge < -0.3 is 28.4 Å². The van der Waals surface area contributed by atoms with Gasteiger partial charge in [0.25, 0.3) is 5.91 Å². The van der Waals surface area contributed by atoms with E-state index in [1.165, 1.54) is 4.90 Å². The Hall–Kier alpha value is -7.29. The summed E-state index contributed by atoms with van der Waals surface area (Å²) in [5, 5.41) is 14.5. The molecule has 4 aromatic heterocycles. The van der Waals surface area contributed by atoms with E-state index in [4.69, 9.17) is 18.9 Å². The first-order chi connectivity index (χ1) is 28.8. The van der Waals surface area contributed by atoms with Crippen LogP contribution in [0.15, 0.2) is 85.5 Å². The summed E-state index contributed by atoms with van der Waals surface area (Å²) in [5.74, 6) is 6.49. The van der Waals surface area contributed by atoms with Gasteiger partial charge in [-0.3, -0.25) is 24.7 Å². The number of benzene rings is 2. The second-order valence-corrected chi connectivity index (χ2v) is 14.6. The molecule has 14 heteroatoms. The maximum Gasteiger partial charge on any atom is 0.255 e. The third kappa shape index (κ3) is 7.61. The van der Waals surface area contributed by atoms with E-state index in [1.54, 1.807) is 42.9 Å². The third-order valence-electron chi connectivity index (χ3n) is 10.9. The van der Waals surface area contributed by atoms with Gasteiger partial charge in [-0.25, -0.2) is 9.97 Å². The van der Waals surface area contributed by atoms with Crippen molar-refractivity contribution in [3.05, 3.63) is 108 Å². The first kappa shape index (κ1) is 37.3. The van der Waals surface area contributed by atoms with Gasteiger partial charge in [0.05, 0.1) is 18.3 Å². The minimum Gasteiger partial charge on any atom is -0.491 e. The highest BCUT2D eigenvalue weighted by atomic mass is 16.5. The van der Waals surface area contributed by atoms with Crippen molar-refractivity contribution in [1.29, 1.82) is 5.26 Å². The summed E-state index contributed by atoms with van der Waals surface area (Å²) in [6.45, 7) is 1.06. The highest BCUT2D eigenvalue weighted by molar-refractivity contribution is 6.08. The van der Waals surface area contributed by atoms with Crippen LogP contribution in [0, 0.1) is 23.2 Å². The monoisotopic (exact) mass is 787 g/mol. The Morgan fingerprint density at radius 2 is 1.73 bits per heavy atom. The number of nitrogens with one attached hydrogen (secondary N) is 1. The number of piperidine rings is 1. The van der Waals surface area contributed by atoms with Crippen molar-refractivity contribution in [2.24, 2.45) is 7.05 Å². The minimum atomic E-state index is -0.658. The largest absolute Gasteiger partial charge is 0.491 e. The van der Waals surface area contributed by atoms with E-state index in [9.17, 15) is 19.6 Å². The number of imide groups is 1. The molecule has 0 spiro atoms. The second kappa shape index (κ2) is 15.9. The fraction of sp³-hybridized carbons (Fsp3) is 0.267. The predicted octanol–water partition coefficient (Wildman–Crippen LogP) is 5.25. The Morgan fingerprint density at radius 1 is 0.864 bits per heavy atom. The first-order valence-corrected chi connectivity index (χ1v) is 19.3. The number of nitrogens with zero attached hydrogens (tertiary/aromatic N) is 6. The molecular formula is C45H37N7O7. The number of aromatic nitrogens is 4. The normalized spacial score (nSPS) is 18.4. The third-order valence-corrected chi connectivity index (χ3v) is 10.9. The van der Waals surface area contributed by atoms with Crippen LogP contribution in [0.25, 0.3) is 32.9 Å². The van der Waals surface area contributed by atoms with Gasteiger partial charge in [0.1, 0.15) is 60.3 Å². The number of rotatable bonds is 11. The molecule has 2 fully saturated rings. The Labute approximate surface area is 338 Å². The Kier molecular flexibility index (Phi) is 10.1. The molecule has 3 amide bonds. The summed E-state index contributed by atoms with van der Waals surface area (Å²) >= 11 is 0. The zero-order chi connectivity index (χ0) is 40.5. The average molecular weight is 788 g/mol. The molecule has 2 aliphatic heterocycles. The Morgan fingerprint density at radius 3 is 2.56 bits per heavy atom. The van der Waals surface area contributed by atoms with Crippen LogP contribution in [0.2, 0.25) is 0 Å². The quantitative estimate of drug-likeness (QED) is 0.103. The number of aryl methyl sites for hydroxylation is 1. The zero-order valence-corrected chi connectivity index (χ0v) is 32.0. The molecule has 9 rings (SSSR count). The number of ether oxygens (including phenoxy) is 4. The molecule has 1 N–H and O–H groups in total. The van der Waals surface area contributed by atoms with Crippen LogP contribution in [0.3, 0.4) is 0 Å². The fourth-order valence-electron chi connectivity index (χ4n) is 7.71. The van der Waals surface area contributed by atoms with Crippen molar-refractivity contribution >= 4 is 39.5 Å². The number of hydrogen-bond donors (Lipinski definition) is 1. The lowest BCUT2D eigenvalue weighted by molar-refractivity contribution is -0.136. The highest BCUT2D eigenvalue weighted by Gasteiger charge is 2.39. The van der Waals surface area contributed by atoms with E-state index >= 15 is 0 Å². The van der Waals surface area contributed by atoms with Gasteiger partial charge in [-0.1, -0.05) is 18.1 Å². The van der Waals surface area contributed by atoms with Gasteiger partial charge in [-0.05, 0) is 72.0 Å². The molecule has 3 aliphatic rings. The molecule has 294 valence electrons. The first-order valence-electron chi connectivity index (χ1n) is 19.3. The fourth-order valence-corrected chi connectivity index (χ4v) is 7.71. The van der Waals surface area contributed by atoms with Crippen LogP contribution in [0.1, 0.15) is 52.9 Å². The van der Waals surface area contributed by atoms with Crippen LogP contribution < -0.4 is 19.5 Å². The highest BCUT2D eigenvalue weighted by Crippen LogP contribution is 2.35. The molecule has 1 saturated heterocycles. The van der Waals surface area contributed by atoms with Crippen LogP contribution in [-0.2, 0) is 27.9 Å². The number of carbonyl (C=O) groups excluding carboxylic acids is 3. The smallest absolute Gasteiger partial charge is 0.255 e. The second-order valence-electron chi connectivity index (χ2n) is 14.6. The van der Waals surface area contributed by atoms with E-state index in [0.717, 1.165) is 38.5 Å². The van der Waals surface area contributed by atoms with Gasteiger partial charge in [-0.15, -0.1) is 0 Å². The summed E-state index contributed by atoms with van der Waals surface area (Å²) in [7, 11) is 2.04. The van der Waals surface area contributed by atoms with Gasteiger partial charge >= 0.3 is 0 Å². The van der Waals surface area contributed by atoms with E-state index in [1.807, 2.05) is 37.5 Å². The number of pyridine rings is 3. The van der Waals surface area contributed by atoms with Gasteiger partial charge in [-0.2, -0.15) is 5.26 Å². The summed E-state index contributed by atoms with van der Waals surface area (Å²) < 4.78 is 25.8. The molecule has 6 heterocycles. The van der Waals surface area contributed by atoms with Crippen molar-refractivity contribution in [2.45, 2.75) is 50.5 Å². The van der Waals surface area contributed by atoms with Crippen LogP contribution >= 0.6 is 0 Å². The summed E-state index contributed by atoms with van der Waals surface area (Å²) in [5.41, 5.74) is 6.24. The molecule has 0 radical (unpaired) electrons. The summed E-state index contributed by atoms with van der Waals surface area (Å²) in [6.07, 6.45) is 8.72. The lowest BCUT2D eigenvalue weighted by Crippen LogP contribution is -2.52. The topological polar surface area (TPSA) is 171 Å². The van der Waals surface area contributed by atoms with Crippen LogP contribution in [0.4, 0.5) is 0 Å². The van der Waals surface area contributed by atoms with Gasteiger partial charge in [0.2, 0.25) is 17.7 Å². The maximum atomic E-state index is 12.9. The molecule has 14 nitrogen and oxygen atoms in total. The number of carbonyl (C=O) groups is 3. The molecule has 59 heavy (non-hydrogen) atoms. The van der Waals surface area contributed by atoms with Crippen LogP contribution in [-0.4, -0.2) is 80.2 Å². The molecule has 6 aromatic rings. The lowest BCUT2D eigenvalue weighted by atomic mass is 9.92. The molecule has 0 unspecified atom stereocenters.